The number of hydrogen-bond donors (Lipinski definition) is 2. The summed E-state index contributed by atoms with van der Waals surface area (Å²) in [6.07, 6.45) is 1.00. The normalized spacial score (nSPS) is 15.0. The van der Waals surface area contributed by atoms with E-state index in [9.17, 15) is 0 Å². The van der Waals surface area contributed by atoms with Crippen LogP contribution in [0.5, 0.6) is 5.75 Å². The van der Waals surface area contributed by atoms with Crippen LogP contribution in [0.4, 0.5) is 5.69 Å². The Balaban J connectivity index is 0.00000242. The van der Waals surface area contributed by atoms with Crippen molar-refractivity contribution in [1.82, 2.24) is 4.90 Å². The van der Waals surface area contributed by atoms with Gasteiger partial charge < -0.3 is 21.1 Å². The Labute approximate surface area is 149 Å². The standard InChI is InChI=1S/C15H25N5O.HI/c1-21-14-5-3-13(4-6-14)20-11-9-19(10-12-20)8-2-7-18-15(16)17;/h3-6H,2,7-12H2,1H3,(H4,16,17,18);1H. The number of nitrogens with two attached hydrogens (primary N) is 2. The van der Waals surface area contributed by atoms with Crippen LogP contribution in [0, 0.1) is 0 Å². The number of ether oxygens (including phenoxy) is 1. The second-order valence-corrected chi connectivity index (χ2v) is 5.19. The fourth-order valence-electron chi connectivity index (χ4n) is 2.53. The lowest BCUT2D eigenvalue weighted by molar-refractivity contribution is 0.256. The number of piperazine rings is 1. The number of guanidine groups is 1. The SMILES string of the molecule is COc1ccc(N2CCN(CCCN=C(N)N)CC2)cc1.I. The summed E-state index contributed by atoms with van der Waals surface area (Å²) in [5, 5.41) is 0. The average Bonchev–Trinajstić information content (AvgIpc) is 2.52. The maximum absolute atomic E-state index is 5.31. The molecule has 1 aromatic rings. The van der Waals surface area contributed by atoms with E-state index in [4.69, 9.17) is 16.2 Å². The van der Waals surface area contributed by atoms with Crippen molar-refractivity contribution < 1.29 is 4.74 Å². The quantitative estimate of drug-likeness (QED) is 0.313. The summed E-state index contributed by atoms with van der Waals surface area (Å²) >= 11 is 0. The minimum Gasteiger partial charge on any atom is -0.497 e. The Hall–Kier alpha value is -1.22. The monoisotopic (exact) mass is 419 g/mol. The molecule has 7 heteroatoms. The van der Waals surface area contributed by atoms with Crippen molar-refractivity contribution >= 4 is 35.6 Å². The van der Waals surface area contributed by atoms with Crippen molar-refractivity contribution in [1.29, 1.82) is 0 Å². The third-order valence-corrected chi connectivity index (χ3v) is 3.74. The van der Waals surface area contributed by atoms with Crippen LogP contribution in [0.15, 0.2) is 29.3 Å². The van der Waals surface area contributed by atoms with Crippen molar-refractivity contribution in [2.24, 2.45) is 16.5 Å². The third kappa shape index (κ3) is 5.88. The predicted molar refractivity (Wildman–Crippen MR) is 102 cm³/mol. The van der Waals surface area contributed by atoms with Crippen molar-refractivity contribution in [2.45, 2.75) is 6.42 Å². The van der Waals surface area contributed by atoms with Gasteiger partial charge in [0.2, 0.25) is 0 Å². The lowest BCUT2D eigenvalue weighted by atomic mass is 10.2. The van der Waals surface area contributed by atoms with E-state index < -0.39 is 0 Å². The number of rotatable bonds is 6. The summed E-state index contributed by atoms with van der Waals surface area (Å²) in [6.45, 7) is 6.01. The van der Waals surface area contributed by atoms with Gasteiger partial charge in [0, 0.05) is 45.0 Å². The van der Waals surface area contributed by atoms with Gasteiger partial charge in [-0.1, -0.05) is 0 Å². The molecule has 0 saturated carbocycles. The Morgan fingerprint density at radius 2 is 1.77 bits per heavy atom. The van der Waals surface area contributed by atoms with Crippen molar-refractivity contribution in [3.05, 3.63) is 24.3 Å². The highest BCUT2D eigenvalue weighted by Crippen LogP contribution is 2.20. The van der Waals surface area contributed by atoms with E-state index in [1.165, 1.54) is 5.69 Å². The highest BCUT2D eigenvalue weighted by Gasteiger charge is 2.16. The number of nitrogens with zero attached hydrogens (tertiary/aromatic N) is 3. The molecule has 0 bridgehead atoms. The van der Waals surface area contributed by atoms with E-state index in [-0.39, 0.29) is 29.9 Å². The summed E-state index contributed by atoms with van der Waals surface area (Å²) in [4.78, 5) is 8.88. The molecule has 0 atom stereocenters. The van der Waals surface area contributed by atoms with Crippen LogP contribution in [0.25, 0.3) is 0 Å². The molecule has 6 nitrogen and oxygen atoms in total. The van der Waals surface area contributed by atoms with E-state index in [1.807, 2.05) is 12.1 Å². The van der Waals surface area contributed by atoms with Crippen molar-refractivity contribution in [3.63, 3.8) is 0 Å². The van der Waals surface area contributed by atoms with Gasteiger partial charge in [0.05, 0.1) is 7.11 Å². The largest absolute Gasteiger partial charge is 0.497 e. The van der Waals surface area contributed by atoms with Crippen molar-refractivity contribution in [2.75, 3.05) is 51.3 Å². The highest BCUT2D eigenvalue weighted by atomic mass is 127. The Bertz CT molecular complexity index is 454. The third-order valence-electron chi connectivity index (χ3n) is 3.74. The molecule has 1 aliphatic heterocycles. The van der Waals surface area contributed by atoms with Gasteiger partial charge in [0.25, 0.3) is 0 Å². The molecule has 1 saturated heterocycles. The topological polar surface area (TPSA) is 80.1 Å². The molecule has 2 rings (SSSR count). The first-order valence-corrected chi connectivity index (χ1v) is 7.36. The molecule has 1 heterocycles. The molecule has 4 N–H and O–H groups in total. The lowest BCUT2D eigenvalue weighted by Crippen LogP contribution is -2.46. The molecule has 0 unspecified atom stereocenters. The van der Waals surface area contributed by atoms with Gasteiger partial charge in [-0.2, -0.15) is 0 Å². The number of anilines is 1. The second-order valence-electron chi connectivity index (χ2n) is 5.19. The molecule has 0 aliphatic carbocycles. The summed E-state index contributed by atoms with van der Waals surface area (Å²) in [6, 6.07) is 8.26. The summed E-state index contributed by atoms with van der Waals surface area (Å²) in [5.74, 6) is 1.08. The van der Waals surface area contributed by atoms with Gasteiger partial charge in [-0.05, 0) is 30.7 Å². The first-order valence-electron chi connectivity index (χ1n) is 7.36. The second kappa shape index (κ2) is 9.73. The lowest BCUT2D eigenvalue weighted by Gasteiger charge is -2.36. The molecule has 1 fully saturated rings. The van der Waals surface area contributed by atoms with E-state index in [2.05, 4.69) is 26.9 Å². The number of benzene rings is 1. The molecule has 1 aliphatic rings. The zero-order valence-corrected chi connectivity index (χ0v) is 15.4. The van der Waals surface area contributed by atoms with E-state index in [0.29, 0.717) is 6.54 Å². The van der Waals surface area contributed by atoms with E-state index in [0.717, 1.165) is 44.9 Å². The molecule has 0 amide bonds. The number of methoxy groups -OCH3 is 1. The van der Waals surface area contributed by atoms with Crippen molar-refractivity contribution in [3.8, 4) is 5.75 Å². The van der Waals surface area contributed by atoms with E-state index >= 15 is 0 Å². The summed E-state index contributed by atoms with van der Waals surface area (Å²) < 4.78 is 5.19. The minimum atomic E-state index is 0. The van der Waals surface area contributed by atoms with Crippen LogP contribution in [-0.2, 0) is 0 Å². The van der Waals surface area contributed by atoms with Gasteiger partial charge in [-0.15, -0.1) is 24.0 Å². The maximum Gasteiger partial charge on any atom is 0.185 e. The fourth-order valence-corrected chi connectivity index (χ4v) is 2.53. The molecule has 1 aromatic carbocycles. The predicted octanol–water partition coefficient (Wildman–Crippen LogP) is 1.10. The maximum atomic E-state index is 5.31. The number of aliphatic imine (C=N–C) groups is 1. The van der Waals surface area contributed by atoms with Crippen LogP contribution in [0.3, 0.4) is 0 Å². The van der Waals surface area contributed by atoms with Crippen LogP contribution < -0.4 is 21.1 Å². The average molecular weight is 419 g/mol. The van der Waals surface area contributed by atoms with E-state index in [1.54, 1.807) is 7.11 Å². The minimum absolute atomic E-state index is 0. The zero-order valence-electron chi connectivity index (χ0n) is 13.1. The fraction of sp³-hybridized carbons (Fsp3) is 0.533. The van der Waals surface area contributed by atoms with Crippen LogP contribution in [0.2, 0.25) is 0 Å². The molecular formula is C15H26IN5O. The van der Waals surface area contributed by atoms with Crippen LogP contribution in [0.1, 0.15) is 6.42 Å². The van der Waals surface area contributed by atoms with Crippen LogP contribution >= 0.6 is 24.0 Å². The first kappa shape index (κ1) is 18.8. The van der Waals surface area contributed by atoms with Gasteiger partial charge in [0.15, 0.2) is 5.96 Å². The zero-order chi connectivity index (χ0) is 15.1. The van der Waals surface area contributed by atoms with Gasteiger partial charge in [-0.3, -0.25) is 9.89 Å². The van der Waals surface area contributed by atoms with Gasteiger partial charge in [-0.25, -0.2) is 0 Å². The molecule has 22 heavy (non-hydrogen) atoms. The summed E-state index contributed by atoms with van der Waals surface area (Å²) in [7, 11) is 1.69. The Morgan fingerprint density at radius 3 is 2.32 bits per heavy atom. The van der Waals surface area contributed by atoms with Gasteiger partial charge in [0.1, 0.15) is 5.75 Å². The number of hydrogen-bond acceptors (Lipinski definition) is 4. The molecule has 124 valence electrons. The molecule has 0 aromatic heterocycles. The number of halogens is 1. The Morgan fingerprint density at radius 1 is 1.14 bits per heavy atom. The molecular weight excluding hydrogens is 393 g/mol. The molecule has 0 radical (unpaired) electrons. The van der Waals surface area contributed by atoms with Gasteiger partial charge >= 0.3 is 0 Å². The smallest absolute Gasteiger partial charge is 0.185 e. The first-order chi connectivity index (χ1) is 10.2. The van der Waals surface area contributed by atoms with Crippen LogP contribution in [-0.4, -0.2) is 57.2 Å². The highest BCUT2D eigenvalue weighted by molar-refractivity contribution is 14.0. The summed E-state index contributed by atoms with van der Waals surface area (Å²) in [5.41, 5.74) is 11.9. The molecule has 0 spiro atoms. The Kier molecular flexibility index (Phi) is 8.32.